The van der Waals surface area contributed by atoms with Gasteiger partial charge in [0.1, 0.15) is 0 Å². The molecular weight excluding hydrogens is 605 g/mol. The smallest absolute Gasteiger partial charge is 0.0975 e. The van der Waals surface area contributed by atoms with E-state index in [1.807, 2.05) is 6.20 Å². The van der Waals surface area contributed by atoms with E-state index in [0.29, 0.717) is 0 Å². The lowest BCUT2D eigenvalue weighted by Gasteiger charge is -2.25. The molecule has 0 radical (unpaired) electrons. The molecule has 0 saturated heterocycles. The molecule has 2 heterocycles. The zero-order valence-electron chi connectivity index (χ0n) is 29.6. The molecule has 50 heavy (non-hydrogen) atoms. The first-order valence-electron chi connectivity index (χ1n) is 17.7. The number of fused-ring (bicyclic) bond motifs is 6. The van der Waals surface area contributed by atoms with E-state index in [-0.39, 0.29) is 10.8 Å². The van der Waals surface area contributed by atoms with Crippen LogP contribution in [0, 0.1) is 0 Å². The summed E-state index contributed by atoms with van der Waals surface area (Å²) in [5.74, 6) is 0. The third-order valence-corrected chi connectivity index (χ3v) is 10.5. The molecule has 0 amide bonds. The largest absolute Gasteiger partial charge is 0.254 e. The Kier molecular flexibility index (Phi) is 6.67. The molecule has 2 aromatic heterocycles. The van der Waals surface area contributed by atoms with E-state index >= 15 is 0 Å². The number of nitrogens with zero attached hydrogens (tertiary/aromatic N) is 2. The lowest BCUT2D eigenvalue weighted by Crippen LogP contribution is -2.14. The van der Waals surface area contributed by atoms with Crippen molar-refractivity contribution >= 4 is 32.6 Å². The number of rotatable bonds is 3. The number of hydrogen-bond acceptors (Lipinski definition) is 2. The first-order valence-corrected chi connectivity index (χ1v) is 17.7. The van der Waals surface area contributed by atoms with E-state index in [2.05, 4.69) is 169 Å². The third kappa shape index (κ3) is 4.62. The van der Waals surface area contributed by atoms with E-state index in [4.69, 9.17) is 9.97 Å². The highest BCUT2D eigenvalue weighted by atomic mass is 14.8. The predicted octanol–water partition coefficient (Wildman–Crippen LogP) is 13.2. The summed E-state index contributed by atoms with van der Waals surface area (Å²) in [7, 11) is 0. The fourth-order valence-corrected chi connectivity index (χ4v) is 8.26. The molecule has 9 rings (SSSR count). The van der Waals surface area contributed by atoms with Gasteiger partial charge in [0.15, 0.2) is 0 Å². The number of aromatic nitrogens is 2. The highest BCUT2D eigenvalue weighted by molar-refractivity contribution is 6.22. The minimum absolute atomic E-state index is 0.0274. The molecule has 8 aromatic rings. The van der Waals surface area contributed by atoms with Gasteiger partial charge in [-0.1, -0.05) is 151 Å². The molecule has 0 aliphatic heterocycles. The lowest BCUT2D eigenvalue weighted by molar-refractivity contribution is 0.594. The third-order valence-electron chi connectivity index (χ3n) is 10.5. The maximum absolute atomic E-state index is 5.65. The van der Waals surface area contributed by atoms with Gasteiger partial charge in [-0.3, -0.25) is 4.98 Å². The summed E-state index contributed by atoms with van der Waals surface area (Å²) in [6, 6.07) is 46.8. The molecule has 1 aliphatic carbocycles. The molecule has 0 atom stereocenters. The van der Waals surface area contributed by atoms with Crippen LogP contribution in [0.15, 0.2) is 134 Å². The zero-order valence-corrected chi connectivity index (χ0v) is 29.6. The summed E-state index contributed by atoms with van der Waals surface area (Å²) in [6.45, 7) is 13.7. The van der Waals surface area contributed by atoms with Gasteiger partial charge < -0.3 is 0 Å². The average molecular weight is 645 g/mol. The topological polar surface area (TPSA) is 25.8 Å². The number of hydrogen-bond donors (Lipinski definition) is 0. The summed E-state index contributed by atoms with van der Waals surface area (Å²) < 4.78 is 0. The quantitative estimate of drug-likeness (QED) is 0.179. The predicted molar refractivity (Wildman–Crippen MR) is 213 cm³/mol. The maximum atomic E-state index is 5.65. The van der Waals surface area contributed by atoms with Crippen molar-refractivity contribution in [2.75, 3.05) is 0 Å². The molecule has 2 nitrogen and oxygen atoms in total. The Morgan fingerprint density at radius 1 is 0.440 bits per heavy atom. The van der Waals surface area contributed by atoms with Gasteiger partial charge in [-0.25, -0.2) is 4.98 Å². The normalized spacial score (nSPS) is 12.6. The molecule has 242 valence electrons. The van der Waals surface area contributed by atoms with E-state index in [1.54, 1.807) is 0 Å². The fraction of sp³-hybridized carbons (Fsp3) is 0.167. The van der Waals surface area contributed by atoms with Gasteiger partial charge >= 0.3 is 0 Å². The van der Waals surface area contributed by atoms with Crippen molar-refractivity contribution in [1.29, 1.82) is 0 Å². The van der Waals surface area contributed by atoms with Gasteiger partial charge in [0.05, 0.1) is 16.7 Å². The Hall–Kier alpha value is -5.60. The molecule has 0 saturated carbocycles. The second-order valence-corrected chi connectivity index (χ2v) is 15.8. The van der Waals surface area contributed by atoms with Crippen LogP contribution < -0.4 is 0 Å². The van der Waals surface area contributed by atoms with E-state index in [0.717, 1.165) is 27.7 Å². The van der Waals surface area contributed by atoms with Crippen molar-refractivity contribution in [1.82, 2.24) is 9.97 Å². The molecule has 2 heteroatoms. The minimum atomic E-state index is -0.126. The molecule has 0 fully saturated rings. The molecule has 0 N–H and O–H groups in total. The van der Waals surface area contributed by atoms with Crippen molar-refractivity contribution in [3.8, 4) is 55.8 Å². The maximum Gasteiger partial charge on any atom is 0.0975 e. The van der Waals surface area contributed by atoms with Gasteiger partial charge in [-0.05, 0) is 95.4 Å². The van der Waals surface area contributed by atoms with Crippen molar-refractivity contribution in [2.45, 2.75) is 52.4 Å². The summed E-state index contributed by atoms with van der Waals surface area (Å²) in [4.78, 5) is 10.7. The van der Waals surface area contributed by atoms with Crippen LogP contribution in [0.25, 0.3) is 88.3 Å². The Morgan fingerprint density at radius 2 is 1.04 bits per heavy atom. The van der Waals surface area contributed by atoms with Crippen LogP contribution in [0.1, 0.15) is 52.7 Å². The average Bonchev–Trinajstić information content (AvgIpc) is 3.46. The monoisotopic (exact) mass is 644 g/mol. The second-order valence-electron chi connectivity index (χ2n) is 15.8. The molecule has 0 spiro atoms. The molecule has 0 unspecified atom stereocenters. The van der Waals surface area contributed by atoms with Gasteiger partial charge in [-0.15, -0.1) is 0 Å². The van der Waals surface area contributed by atoms with Gasteiger partial charge in [0.25, 0.3) is 0 Å². The summed E-state index contributed by atoms with van der Waals surface area (Å²) in [5.41, 5.74) is 16.4. The highest BCUT2D eigenvalue weighted by Crippen LogP contribution is 2.57. The molecule has 1 aliphatic rings. The van der Waals surface area contributed by atoms with Crippen LogP contribution in [-0.4, -0.2) is 9.97 Å². The fourth-order valence-electron chi connectivity index (χ4n) is 8.26. The van der Waals surface area contributed by atoms with Crippen LogP contribution in [0.2, 0.25) is 0 Å². The number of pyridine rings is 2. The Bertz CT molecular complexity index is 2630. The lowest BCUT2D eigenvalue weighted by atomic mass is 9.80. The van der Waals surface area contributed by atoms with Crippen molar-refractivity contribution in [3.63, 3.8) is 0 Å². The Labute approximate surface area is 294 Å². The molecular formula is C48H40N2. The summed E-state index contributed by atoms with van der Waals surface area (Å²) in [6.07, 6.45) is 1.96. The van der Waals surface area contributed by atoms with Crippen molar-refractivity contribution in [3.05, 3.63) is 145 Å². The first-order chi connectivity index (χ1) is 24.1. The highest BCUT2D eigenvalue weighted by Gasteiger charge is 2.31. The standard InChI is InChI=1S/C48H40N2/c1-47(2,3)38-25-26-49-45-32(38)23-24-33-39(48(4,5)6)28-40(50-46(33)45)37-27-36(29-15-9-7-10-16-29)43-34-21-13-19-30-20-14-22-35(41(30)34)44(43)42(37)31-17-11-8-12-18-31/h7-28H,1-6H3. The first kappa shape index (κ1) is 30.5. The minimum Gasteiger partial charge on any atom is -0.254 e. The summed E-state index contributed by atoms with van der Waals surface area (Å²) >= 11 is 0. The Balaban J connectivity index is 1.48. The van der Waals surface area contributed by atoms with Gasteiger partial charge in [0, 0.05) is 22.5 Å². The van der Waals surface area contributed by atoms with E-state index < -0.39 is 0 Å². The summed E-state index contributed by atoms with van der Waals surface area (Å²) in [5, 5.41) is 4.92. The zero-order chi connectivity index (χ0) is 34.4. The van der Waals surface area contributed by atoms with E-state index in [9.17, 15) is 0 Å². The van der Waals surface area contributed by atoms with Crippen LogP contribution in [0.3, 0.4) is 0 Å². The van der Waals surface area contributed by atoms with Crippen LogP contribution >= 0.6 is 0 Å². The SMILES string of the molecule is CC(C)(C)c1ccnc2c1ccc1c(C(C)(C)C)cc(-c3cc(-c4ccccc4)c4c(c3-c3ccccc3)-c3cccc5cccc-4c35)nc12. The van der Waals surface area contributed by atoms with Crippen LogP contribution in [0.5, 0.6) is 0 Å². The van der Waals surface area contributed by atoms with Crippen molar-refractivity contribution < 1.29 is 0 Å². The van der Waals surface area contributed by atoms with Gasteiger partial charge in [-0.2, -0.15) is 0 Å². The molecule has 6 aromatic carbocycles. The van der Waals surface area contributed by atoms with Gasteiger partial charge in [0.2, 0.25) is 0 Å². The van der Waals surface area contributed by atoms with Crippen LogP contribution in [0.4, 0.5) is 0 Å². The second kappa shape index (κ2) is 11.0. The Morgan fingerprint density at radius 3 is 1.68 bits per heavy atom. The number of benzene rings is 6. The van der Waals surface area contributed by atoms with Crippen molar-refractivity contribution in [2.24, 2.45) is 0 Å². The molecule has 0 bridgehead atoms. The van der Waals surface area contributed by atoms with Crippen LogP contribution in [-0.2, 0) is 10.8 Å². The van der Waals surface area contributed by atoms with E-state index in [1.165, 1.54) is 71.8 Å².